The number of carbonyl (C=O) groups excluding carboxylic acids is 2. The van der Waals surface area contributed by atoms with Gasteiger partial charge in [0.25, 0.3) is 5.91 Å². The van der Waals surface area contributed by atoms with E-state index in [4.69, 9.17) is 26.5 Å². The Balaban J connectivity index is 1.90. The van der Waals surface area contributed by atoms with Crippen LogP contribution in [-0.4, -0.2) is 85.1 Å². The Labute approximate surface area is 235 Å². The standard InChI is InChI=1S/C26H36ClN5O6S/c1-26(2,3)38-25(34)32-12-7-5-4-6-8-17-37-23(24(33)29-21-11-9-10-20(27)18-21)22(19-28)30-13-15-31(16-14-30)39(32,35)36/h5,7,9-11,18-19,28H,4,6,8,12-17H2,1-3H3,(H,29,33). The minimum Gasteiger partial charge on any atom is -0.486 e. The van der Waals surface area contributed by atoms with Gasteiger partial charge in [0.2, 0.25) is 5.76 Å². The maximum atomic E-state index is 13.5. The molecule has 0 saturated carbocycles. The number of hydrogen-bond acceptors (Lipinski definition) is 8. The third kappa shape index (κ3) is 8.45. The minimum atomic E-state index is -4.19. The first kappa shape index (κ1) is 30.5. The van der Waals surface area contributed by atoms with E-state index in [0.29, 0.717) is 30.0 Å². The fourth-order valence-electron chi connectivity index (χ4n) is 4.01. The average molecular weight is 582 g/mol. The summed E-state index contributed by atoms with van der Waals surface area (Å²) in [5.41, 5.74) is -0.151. The van der Waals surface area contributed by atoms with Crippen LogP contribution in [0.3, 0.4) is 0 Å². The van der Waals surface area contributed by atoms with E-state index in [1.165, 1.54) is 4.31 Å². The summed E-state index contributed by atoms with van der Waals surface area (Å²) in [5.74, 6) is -0.567. The second kappa shape index (κ2) is 13.3. The molecular formula is C26H36ClN5O6S. The van der Waals surface area contributed by atoms with Gasteiger partial charge in [-0.05, 0) is 58.2 Å². The second-order valence-electron chi connectivity index (χ2n) is 10.0. The van der Waals surface area contributed by atoms with Gasteiger partial charge in [-0.15, -0.1) is 0 Å². The predicted octanol–water partition coefficient (Wildman–Crippen LogP) is 4.00. The third-order valence-corrected chi connectivity index (χ3v) is 8.00. The molecule has 1 aromatic rings. The van der Waals surface area contributed by atoms with Crippen LogP contribution in [0, 0.1) is 5.41 Å². The Bertz CT molecular complexity index is 1220. The van der Waals surface area contributed by atoms with Crippen molar-refractivity contribution < 1.29 is 27.5 Å². The van der Waals surface area contributed by atoms with E-state index in [-0.39, 0.29) is 50.8 Å². The zero-order valence-electron chi connectivity index (χ0n) is 22.5. The number of rotatable bonds is 3. The zero-order valence-corrected chi connectivity index (χ0v) is 24.1. The van der Waals surface area contributed by atoms with Crippen LogP contribution in [0.25, 0.3) is 0 Å². The van der Waals surface area contributed by atoms with Crippen molar-refractivity contribution in [2.75, 3.05) is 44.6 Å². The number of fused-ring (bicyclic) bond motifs is 11. The molecule has 2 amide bonds. The summed E-state index contributed by atoms with van der Waals surface area (Å²) in [6, 6.07) is 6.69. The van der Waals surface area contributed by atoms with Gasteiger partial charge in [-0.2, -0.15) is 17.0 Å². The van der Waals surface area contributed by atoms with Gasteiger partial charge in [-0.1, -0.05) is 29.8 Å². The smallest absolute Gasteiger partial charge is 0.425 e. The average Bonchev–Trinajstić information content (AvgIpc) is 2.85. The number of piperazine rings is 1. The highest BCUT2D eigenvalue weighted by atomic mass is 35.5. The fraction of sp³-hybridized carbons (Fsp3) is 0.500. The summed E-state index contributed by atoms with van der Waals surface area (Å²) in [7, 11) is -4.19. The molecule has 39 heavy (non-hydrogen) atoms. The number of allylic oxidation sites excluding steroid dienone is 2. The second-order valence-corrected chi connectivity index (χ2v) is 12.3. The van der Waals surface area contributed by atoms with Gasteiger partial charge in [-0.3, -0.25) is 4.79 Å². The van der Waals surface area contributed by atoms with Crippen molar-refractivity contribution in [2.24, 2.45) is 0 Å². The van der Waals surface area contributed by atoms with Gasteiger partial charge in [0, 0.05) is 43.1 Å². The van der Waals surface area contributed by atoms with E-state index < -0.39 is 27.8 Å². The Morgan fingerprint density at radius 1 is 1.13 bits per heavy atom. The molecule has 0 aliphatic carbocycles. The van der Waals surface area contributed by atoms with Crippen molar-refractivity contribution >= 4 is 45.7 Å². The lowest BCUT2D eigenvalue weighted by molar-refractivity contribution is -0.116. The number of halogens is 1. The number of hydrogen-bond donors (Lipinski definition) is 2. The van der Waals surface area contributed by atoms with Crippen molar-refractivity contribution in [1.82, 2.24) is 13.5 Å². The van der Waals surface area contributed by atoms with Crippen LogP contribution in [0.1, 0.15) is 40.0 Å². The van der Waals surface area contributed by atoms with Crippen molar-refractivity contribution in [3.8, 4) is 0 Å². The van der Waals surface area contributed by atoms with E-state index in [9.17, 15) is 18.0 Å². The molecule has 0 aromatic heterocycles. The lowest BCUT2D eigenvalue weighted by atomic mass is 10.2. The fourth-order valence-corrected chi connectivity index (χ4v) is 5.61. The monoisotopic (exact) mass is 581 g/mol. The molecule has 4 rings (SSSR count). The molecule has 0 atom stereocenters. The van der Waals surface area contributed by atoms with E-state index in [1.807, 2.05) is 6.08 Å². The molecule has 3 heterocycles. The molecule has 2 bridgehead atoms. The maximum absolute atomic E-state index is 13.5. The summed E-state index contributed by atoms with van der Waals surface area (Å²) in [6.45, 7) is 5.56. The molecule has 1 fully saturated rings. The van der Waals surface area contributed by atoms with Crippen LogP contribution in [0.2, 0.25) is 5.02 Å². The first-order chi connectivity index (χ1) is 18.4. The Morgan fingerprint density at radius 3 is 2.49 bits per heavy atom. The van der Waals surface area contributed by atoms with Crippen LogP contribution >= 0.6 is 11.6 Å². The van der Waals surface area contributed by atoms with Crippen LogP contribution in [0.5, 0.6) is 0 Å². The Hall–Kier alpha value is -3.09. The first-order valence-corrected chi connectivity index (χ1v) is 14.5. The van der Waals surface area contributed by atoms with Gasteiger partial charge in [0.15, 0.2) is 0 Å². The molecule has 0 spiro atoms. The summed E-state index contributed by atoms with van der Waals surface area (Å²) < 4.78 is 40.3. The molecule has 1 aromatic carbocycles. The molecule has 0 radical (unpaired) electrons. The Kier molecular flexibility index (Phi) is 10.4. The van der Waals surface area contributed by atoms with E-state index in [2.05, 4.69) is 5.32 Å². The molecule has 1 saturated heterocycles. The highest BCUT2D eigenvalue weighted by Gasteiger charge is 2.38. The predicted molar refractivity (Wildman–Crippen MR) is 150 cm³/mol. The van der Waals surface area contributed by atoms with Crippen molar-refractivity contribution in [1.29, 1.82) is 5.41 Å². The molecule has 3 aliphatic heterocycles. The van der Waals surface area contributed by atoms with Crippen LogP contribution in [-0.2, 0) is 24.5 Å². The highest BCUT2D eigenvalue weighted by molar-refractivity contribution is 7.87. The van der Waals surface area contributed by atoms with Gasteiger partial charge < -0.3 is 25.1 Å². The van der Waals surface area contributed by atoms with Crippen molar-refractivity contribution in [2.45, 2.75) is 45.6 Å². The lowest BCUT2D eigenvalue weighted by Gasteiger charge is -2.38. The van der Waals surface area contributed by atoms with Crippen molar-refractivity contribution in [3.63, 3.8) is 0 Å². The third-order valence-electron chi connectivity index (χ3n) is 5.89. The maximum Gasteiger partial charge on any atom is 0.425 e. The minimum absolute atomic E-state index is 0.0284. The van der Waals surface area contributed by atoms with Gasteiger partial charge in [0.1, 0.15) is 11.3 Å². The summed E-state index contributed by atoms with van der Waals surface area (Å²) in [4.78, 5) is 27.9. The van der Waals surface area contributed by atoms with E-state index in [0.717, 1.165) is 10.5 Å². The van der Waals surface area contributed by atoms with E-state index >= 15 is 0 Å². The molecule has 2 N–H and O–H groups in total. The molecule has 0 unspecified atom stereocenters. The van der Waals surface area contributed by atoms with Gasteiger partial charge in [0.05, 0.1) is 13.2 Å². The zero-order chi connectivity index (χ0) is 28.6. The largest absolute Gasteiger partial charge is 0.486 e. The Morgan fingerprint density at radius 2 is 1.85 bits per heavy atom. The molecule has 13 heteroatoms. The highest BCUT2D eigenvalue weighted by Crippen LogP contribution is 2.22. The van der Waals surface area contributed by atoms with Gasteiger partial charge in [-0.25, -0.2) is 4.79 Å². The molecule has 3 aliphatic rings. The number of ether oxygens (including phenoxy) is 2. The number of benzene rings is 1. The van der Waals surface area contributed by atoms with E-state index in [1.54, 1.807) is 56.0 Å². The summed E-state index contributed by atoms with van der Waals surface area (Å²) >= 11 is 6.05. The van der Waals surface area contributed by atoms with Crippen LogP contribution in [0.15, 0.2) is 47.9 Å². The first-order valence-electron chi connectivity index (χ1n) is 12.8. The summed E-state index contributed by atoms with van der Waals surface area (Å²) in [6.07, 6.45) is 5.48. The number of anilines is 1. The van der Waals surface area contributed by atoms with Crippen LogP contribution < -0.4 is 5.32 Å². The summed E-state index contributed by atoms with van der Waals surface area (Å²) in [5, 5.41) is 11.3. The number of amides is 2. The van der Waals surface area contributed by atoms with Gasteiger partial charge >= 0.3 is 16.3 Å². The number of carbonyl (C=O) groups is 2. The van der Waals surface area contributed by atoms with Crippen LogP contribution in [0.4, 0.5) is 10.5 Å². The number of nitrogens with one attached hydrogen (secondary N) is 2. The molecule has 11 nitrogen and oxygen atoms in total. The normalized spacial score (nSPS) is 19.4. The SMILES string of the molecule is CC(C)(C)OC(=O)N1CC=CCCCCOC(C(=O)Nc2cccc(Cl)c2)=C(C=N)N2CCN(CC2)S1(=O)=O. The van der Waals surface area contributed by atoms with Crippen molar-refractivity contribution in [3.05, 3.63) is 52.9 Å². The molecule has 214 valence electrons. The lowest BCUT2D eigenvalue weighted by Crippen LogP contribution is -2.55. The topological polar surface area (TPSA) is 132 Å². The number of nitrogens with zero attached hydrogens (tertiary/aromatic N) is 3. The molecular weight excluding hydrogens is 546 g/mol. The quantitative estimate of drug-likeness (QED) is 0.407.